The lowest BCUT2D eigenvalue weighted by molar-refractivity contribution is -0.130. The van der Waals surface area contributed by atoms with Gasteiger partial charge >= 0.3 is 0 Å². The molecule has 0 spiro atoms. The maximum absolute atomic E-state index is 12.6. The highest BCUT2D eigenvalue weighted by Gasteiger charge is 2.36. The first-order valence-corrected chi connectivity index (χ1v) is 9.30. The number of ether oxygens (including phenoxy) is 1. The highest BCUT2D eigenvalue weighted by molar-refractivity contribution is 5.81. The standard InChI is InChI=1S/C22H27NO3/c1-23-20(10-7-17-8-11-21(12-9-17)26-14-13-24)16-19(22(23)25)15-18-5-3-2-4-6-18/h2-6,8-9,11-12,19-20,24H,7,10,13-16H2,1H3. The smallest absolute Gasteiger partial charge is 0.226 e. The number of rotatable bonds is 8. The molecule has 26 heavy (non-hydrogen) atoms. The van der Waals surface area contributed by atoms with E-state index in [2.05, 4.69) is 24.3 Å². The van der Waals surface area contributed by atoms with E-state index in [9.17, 15) is 4.79 Å². The fourth-order valence-electron chi connectivity index (χ4n) is 3.69. The molecule has 0 aliphatic carbocycles. The van der Waals surface area contributed by atoms with E-state index in [0.29, 0.717) is 12.6 Å². The van der Waals surface area contributed by atoms with Crippen LogP contribution < -0.4 is 4.74 Å². The first kappa shape index (κ1) is 18.5. The Labute approximate surface area is 155 Å². The maximum atomic E-state index is 12.6. The fourth-order valence-corrected chi connectivity index (χ4v) is 3.69. The zero-order valence-corrected chi connectivity index (χ0v) is 15.3. The van der Waals surface area contributed by atoms with Gasteiger partial charge in [0.05, 0.1) is 6.61 Å². The minimum atomic E-state index is 0.0218. The zero-order valence-electron chi connectivity index (χ0n) is 15.3. The summed E-state index contributed by atoms with van der Waals surface area (Å²) in [5.74, 6) is 1.15. The predicted octanol–water partition coefficient (Wildman–Crippen LogP) is 3.08. The van der Waals surface area contributed by atoms with Crippen LogP contribution in [0.3, 0.4) is 0 Å². The van der Waals surface area contributed by atoms with Gasteiger partial charge in [0, 0.05) is 19.0 Å². The summed E-state index contributed by atoms with van der Waals surface area (Å²) in [5, 5.41) is 8.79. The molecule has 1 aliphatic rings. The minimum absolute atomic E-state index is 0.0218. The number of likely N-dealkylation sites (tertiary alicyclic amines) is 1. The third kappa shape index (κ3) is 4.64. The van der Waals surface area contributed by atoms with Crippen LogP contribution in [0.25, 0.3) is 0 Å². The third-order valence-corrected chi connectivity index (χ3v) is 5.18. The van der Waals surface area contributed by atoms with E-state index in [-0.39, 0.29) is 18.4 Å². The number of aliphatic hydroxyl groups is 1. The van der Waals surface area contributed by atoms with Crippen molar-refractivity contribution in [2.45, 2.75) is 31.7 Å². The molecular formula is C22H27NO3. The molecule has 4 heteroatoms. The van der Waals surface area contributed by atoms with Crippen LogP contribution >= 0.6 is 0 Å². The quantitative estimate of drug-likeness (QED) is 0.793. The molecule has 1 fully saturated rings. The molecule has 1 amide bonds. The number of hydrogen-bond acceptors (Lipinski definition) is 3. The first-order chi connectivity index (χ1) is 12.7. The second kappa shape index (κ2) is 8.86. The molecule has 1 aliphatic heterocycles. The largest absolute Gasteiger partial charge is 0.491 e. The van der Waals surface area contributed by atoms with Gasteiger partial charge in [0.25, 0.3) is 0 Å². The van der Waals surface area contributed by atoms with Gasteiger partial charge in [0.1, 0.15) is 12.4 Å². The summed E-state index contributed by atoms with van der Waals surface area (Å²) in [6.07, 6.45) is 3.68. The number of aliphatic hydroxyl groups excluding tert-OH is 1. The summed E-state index contributed by atoms with van der Waals surface area (Å²) in [5.41, 5.74) is 2.48. The lowest BCUT2D eigenvalue weighted by atomic mass is 9.94. The molecule has 1 heterocycles. The second-order valence-electron chi connectivity index (χ2n) is 6.98. The van der Waals surface area contributed by atoms with E-state index in [0.717, 1.165) is 31.4 Å². The molecule has 1 saturated heterocycles. The summed E-state index contributed by atoms with van der Waals surface area (Å²) in [6.45, 7) is 0.338. The van der Waals surface area contributed by atoms with Gasteiger partial charge in [-0.15, -0.1) is 0 Å². The molecule has 2 aromatic carbocycles. The molecule has 138 valence electrons. The number of hydrogen-bond donors (Lipinski definition) is 1. The van der Waals surface area contributed by atoms with Crippen molar-refractivity contribution >= 4 is 5.91 Å². The van der Waals surface area contributed by atoms with Crippen molar-refractivity contribution in [2.75, 3.05) is 20.3 Å². The average Bonchev–Trinajstić information content (AvgIpc) is 2.94. The first-order valence-electron chi connectivity index (χ1n) is 9.30. The van der Waals surface area contributed by atoms with Gasteiger partial charge < -0.3 is 14.7 Å². The molecule has 0 aromatic heterocycles. The Balaban J connectivity index is 1.52. The molecule has 0 bridgehead atoms. The van der Waals surface area contributed by atoms with Gasteiger partial charge in [-0.25, -0.2) is 0 Å². The van der Waals surface area contributed by atoms with Crippen molar-refractivity contribution < 1.29 is 14.6 Å². The predicted molar refractivity (Wildman–Crippen MR) is 102 cm³/mol. The Bertz CT molecular complexity index is 699. The van der Waals surface area contributed by atoms with Crippen LogP contribution in [0.5, 0.6) is 5.75 Å². The van der Waals surface area contributed by atoms with Crippen LogP contribution in [0.15, 0.2) is 54.6 Å². The van der Waals surface area contributed by atoms with Gasteiger partial charge in [-0.05, 0) is 48.9 Å². The number of carbonyl (C=O) groups is 1. The van der Waals surface area contributed by atoms with Crippen LogP contribution in [0.4, 0.5) is 0 Å². The number of nitrogens with zero attached hydrogens (tertiary/aromatic N) is 1. The van der Waals surface area contributed by atoms with Crippen LogP contribution in [0.1, 0.15) is 24.0 Å². The Hall–Kier alpha value is -2.33. The Kier molecular flexibility index (Phi) is 6.29. The molecule has 2 aromatic rings. The van der Waals surface area contributed by atoms with E-state index >= 15 is 0 Å². The van der Waals surface area contributed by atoms with Gasteiger partial charge in [0.15, 0.2) is 0 Å². The van der Waals surface area contributed by atoms with Crippen molar-refractivity contribution in [3.63, 3.8) is 0 Å². The zero-order chi connectivity index (χ0) is 18.4. The topological polar surface area (TPSA) is 49.8 Å². The number of aryl methyl sites for hydroxylation is 1. The Morgan fingerprint density at radius 1 is 1.08 bits per heavy atom. The summed E-state index contributed by atoms with van der Waals surface area (Å²) in [6, 6.07) is 18.6. The molecule has 1 N–H and O–H groups in total. The molecule has 0 saturated carbocycles. The molecule has 3 rings (SSSR count). The van der Waals surface area contributed by atoms with E-state index < -0.39 is 0 Å². The van der Waals surface area contributed by atoms with Gasteiger partial charge in [0.2, 0.25) is 5.91 Å². The van der Waals surface area contributed by atoms with E-state index in [1.165, 1.54) is 11.1 Å². The van der Waals surface area contributed by atoms with Crippen LogP contribution in [0, 0.1) is 5.92 Å². The molecule has 2 unspecified atom stereocenters. The monoisotopic (exact) mass is 353 g/mol. The van der Waals surface area contributed by atoms with Crippen LogP contribution in [0.2, 0.25) is 0 Å². The van der Waals surface area contributed by atoms with Gasteiger partial charge in [-0.3, -0.25) is 4.79 Å². The fraction of sp³-hybridized carbons (Fsp3) is 0.409. The highest BCUT2D eigenvalue weighted by Crippen LogP contribution is 2.29. The molecular weight excluding hydrogens is 326 g/mol. The summed E-state index contributed by atoms with van der Waals surface area (Å²) >= 11 is 0. The summed E-state index contributed by atoms with van der Waals surface area (Å²) in [7, 11) is 1.93. The lowest BCUT2D eigenvalue weighted by Crippen LogP contribution is -2.30. The maximum Gasteiger partial charge on any atom is 0.226 e. The van der Waals surface area contributed by atoms with Gasteiger partial charge in [-0.2, -0.15) is 0 Å². The molecule has 2 atom stereocenters. The average molecular weight is 353 g/mol. The third-order valence-electron chi connectivity index (χ3n) is 5.18. The Morgan fingerprint density at radius 2 is 1.81 bits per heavy atom. The highest BCUT2D eigenvalue weighted by atomic mass is 16.5. The van der Waals surface area contributed by atoms with Crippen LogP contribution in [-0.4, -0.2) is 42.2 Å². The number of carbonyl (C=O) groups excluding carboxylic acids is 1. The lowest BCUT2D eigenvalue weighted by Gasteiger charge is -2.19. The van der Waals surface area contributed by atoms with E-state index in [1.807, 2.05) is 42.3 Å². The van der Waals surface area contributed by atoms with E-state index in [1.54, 1.807) is 0 Å². The summed E-state index contributed by atoms with van der Waals surface area (Å²) < 4.78 is 5.39. The van der Waals surface area contributed by atoms with E-state index in [4.69, 9.17) is 9.84 Å². The minimum Gasteiger partial charge on any atom is -0.491 e. The second-order valence-corrected chi connectivity index (χ2v) is 6.98. The van der Waals surface area contributed by atoms with Crippen molar-refractivity contribution in [3.8, 4) is 5.75 Å². The molecule has 0 radical (unpaired) electrons. The van der Waals surface area contributed by atoms with Crippen molar-refractivity contribution in [1.29, 1.82) is 0 Å². The van der Waals surface area contributed by atoms with Crippen LogP contribution in [-0.2, 0) is 17.6 Å². The normalized spacial score (nSPS) is 19.8. The SMILES string of the molecule is CN1C(=O)C(Cc2ccccc2)CC1CCc1ccc(OCCO)cc1. The van der Waals surface area contributed by atoms with Gasteiger partial charge in [-0.1, -0.05) is 42.5 Å². The van der Waals surface area contributed by atoms with Crippen molar-refractivity contribution in [2.24, 2.45) is 5.92 Å². The number of amides is 1. The van der Waals surface area contributed by atoms with Crippen molar-refractivity contribution in [3.05, 3.63) is 65.7 Å². The molecule has 4 nitrogen and oxygen atoms in total. The Morgan fingerprint density at radius 3 is 2.50 bits per heavy atom. The summed E-state index contributed by atoms with van der Waals surface area (Å²) in [4.78, 5) is 14.5. The number of benzene rings is 2. The van der Waals surface area contributed by atoms with Crippen molar-refractivity contribution in [1.82, 2.24) is 4.90 Å².